The molecule has 0 saturated carbocycles. The Hall–Kier alpha value is -2.68. The van der Waals surface area contributed by atoms with Gasteiger partial charge in [0.1, 0.15) is 0 Å². The number of nitrogens with one attached hydrogen (secondary N) is 1. The van der Waals surface area contributed by atoms with Crippen LogP contribution in [0.2, 0.25) is 0 Å². The highest BCUT2D eigenvalue weighted by Crippen LogP contribution is 2.18. The summed E-state index contributed by atoms with van der Waals surface area (Å²) >= 11 is 0. The topological polar surface area (TPSA) is 114 Å². The van der Waals surface area contributed by atoms with E-state index in [1.807, 2.05) is 0 Å². The number of rotatable bonds is 4. The molecule has 9 heteroatoms. The van der Waals surface area contributed by atoms with Crippen LogP contribution in [0.4, 0.5) is 0 Å². The van der Waals surface area contributed by atoms with Crippen LogP contribution in [0.1, 0.15) is 16.8 Å². The number of pyridine rings is 1. The van der Waals surface area contributed by atoms with E-state index in [4.69, 9.17) is 4.74 Å². The molecule has 1 aliphatic rings. The number of benzene rings is 1. The van der Waals surface area contributed by atoms with Gasteiger partial charge in [-0.1, -0.05) is 18.2 Å². The first-order valence-corrected chi connectivity index (χ1v) is 9.84. The molecule has 26 heavy (non-hydrogen) atoms. The molecule has 2 aromatic rings. The Labute approximate surface area is 149 Å². The molecule has 0 radical (unpaired) electrons. The number of aromatic nitrogens is 1. The SMILES string of the molecule is CN(C(=O)COC(=O)c1cc(=O)[nH]c2ccccc12)[C@@H]1CCS(=O)(=O)C1. The molecule has 1 aromatic carbocycles. The molecule has 1 fully saturated rings. The van der Waals surface area contributed by atoms with Gasteiger partial charge in [-0.2, -0.15) is 0 Å². The summed E-state index contributed by atoms with van der Waals surface area (Å²) in [5.74, 6) is -1.31. The zero-order valence-electron chi connectivity index (χ0n) is 14.1. The van der Waals surface area contributed by atoms with Crippen LogP contribution in [0.5, 0.6) is 0 Å². The van der Waals surface area contributed by atoms with E-state index in [-0.39, 0.29) is 17.1 Å². The fourth-order valence-electron chi connectivity index (χ4n) is 2.96. The van der Waals surface area contributed by atoms with E-state index in [1.54, 1.807) is 24.3 Å². The van der Waals surface area contributed by atoms with E-state index in [2.05, 4.69) is 4.98 Å². The van der Waals surface area contributed by atoms with E-state index < -0.39 is 39.9 Å². The fourth-order valence-corrected chi connectivity index (χ4v) is 4.74. The number of fused-ring (bicyclic) bond motifs is 1. The van der Waals surface area contributed by atoms with E-state index in [0.29, 0.717) is 17.3 Å². The maximum Gasteiger partial charge on any atom is 0.339 e. The molecule has 2 heterocycles. The van der Waals surface area contributed by atoms with Crippen molar-refractivity contribution < 1.29 is 22.7 Å². The minimum absolute atomic E-state index is 0.0495. The first kappa shape index (κ1) is 18.1. The summed E-state index contributed by atoms with van der Waals surface area (Å²) in [7, 11) is -1.63. The van der Waals surface area contributed by atoms with Crippen LogP contribution < -0.4 is 5.56 Å². The van der Waals surface area contributed by atoms with Gasteiger partial charge < -0.3 is 14.6 Å². The Balaban J connectivity index is 1.69. The second kappa shape index (κ2) is 6.91. The van der Waals surface area contributed by atoms with Crippen molar-refractivity contribution in [3.63, 3.8) is 0 Å². The van der Waals surface area contributed by atoms with Gasteiger partial charge in [-0.25, -0.2) is 13.2 Å². The molecular weight excluding hydrogens is 360 g/mol. The Kier molecular flexibility index (Phi) is 4.82. The molecule has 1 N–H and O–H groups in total. The molecule has 0 bridgehead atoms. The van der Waals surface area contributed by atoms with Gasteiger partial charge in [0, 0.05) is 30.1 Å². The maximum atomic E-state index is 12.3. The summed E-state index contributed by atoms with van der Waals surface area (Å²) in [6.07, 6.45) is 0.372. The number of hydrogen-bond acceptors (Lipinski definition) is 6. The van der Waals surface area contributed by atoms with Gasteiger partial charge in [0.2, 0.25) is 5.56 Å². The molecule has 1 amide bonds. The third-order valence-electron chi connectivity index (χ3n) is 4.45. The van der Waals surface area contributed by atoms with Gasteiger partial charge >= 0.3 is 5.97 Å². The smallest absolute Gasteiger partial charge is 0.339 e. The number of carbonyl (C=O) groups excluding carboxylic acids is 2. The number of esters is 1. The molecule has 0 unspecified atom stereocenters. The van der Waals surface area contributed by atoms with Gasteiger partial charge in [0.25, 0.3) is 5.91 Å². The van der Waals surface area contributed by atoms with Gasteiger partial charge in [-0.15, -0.1) is 0 Å². The molecule has 1 saturated heterocycles. The van der Waals surface area contributed by atoms with Crippen LogP contribution >= 0.6 is 0 Å². The molecule has 138 valence electrons. The Morgan fingerprint density at radius 1 is 1.31 bits per heavy atom. The number of amides is 1. The van der Waals surface area contributed by atoms with Crippen molar-refractivity contribution in [2.45, 2.75) is 12.5 Å². The van der Waals surface area contributed by atoms with Crippen molar-refractivity contribution in [1.82, 2.24) is 9.88 Å². The Morgan fingerprint density at radius 3 is 2.73 bits per heavy atom. The molecule has 1 atom stereocenters. The predicted molar refractivity (Wildman–Crippen MR) is 94.7 cm³/mol. The highest BCUT2D eigenvalue weighted by atomic mass is 32.2. The highest BCUT2D eigenvalue weighted by molar-refractivity contribution is 7.91. The molecular formula is C17H18N2O6S. The Morgan fingerprint density at radius 2 is 2.04 bits per heavy atom. The molecule has 0 spiro atoms. The molecule has 1 aliphatic heterocycles. The summed E-state index contributed by atoms with van der Waals surface area (Å²) < 4.78 is 28.1. The van der Waals surface area contributed by atoms with Crippen LogP contribution in [-0.4, -0.2) is 61.4 Å². The first-order chi connectivity index (χ1) is 12.3. The van der Waals surface area contributed by atoms with Gasteiger partial charge in [0.15, 0.2) is 16.4 Å². The average molecular weight is 378 g/mol. The zero-order valence-corrected chi connectivity index (χ0v) is 14.9. The number of ether oxygens (including phenoxy) is 1. The lowest BCUT2D eigenvalue weighted by Crippen LogP contribution is -2.40. The number of likely N-dealkylation sites (N-methyl/N-ethyl adjacent to an activating group) is 1. The van der Waals surface area contributed by atoms with Crippen molar-refractivity contribution in [3.8, 4) is 0 Å². The second-order valence-electron chi connectivity index (χ2n) is 6.23. The molecule has 8 nitrogen and oxygen atoms in total. The molecule has 1 aromatic heterocycles. The largest absolute Gasteiger partial charge is 0.452 e. The van der Waals surface area contributed by atoms with Crippen molar-refractivity contribution in [1.29, 1.82) is 0 Å². The quantitative estimate of drug-likeness (QED) is 0.767. The number of nitrogens with zero attached hydrogens (tertiary/aromatic N) is 1. The van der Waals surface area contributed by atoms with E-state index in [9.17, 15) is 22.8 Å². The summed E-state index contributed by atoms with van der Waals surface area (Å²) in [5, 5.41) is 0.514. The number of carbonyl (C=O) groups is 2. The van der Waals surface area contributed by atoms with Crippen molar-refractivity contribution >= 4 is 32.6 Å². The maximum absolute atomic E-state index is 12.3. The summed E-state index contributed by atoms with van der Waals surface area (Å²) in [6.45, 7) is -0.521. The summed E-state index contributed by atoms with van der Waals surface area (Å²) in [5.41, 5.74) is 0.116. The number of sulfone groups is 1. The molecule has 3 rings (SSSR count). The van der Waals surface area contributed by atoms with Crippen LogP contribution in [0.3, 0.4) is 0 Å². The summed E-state index contributed by atoms with van der Waals surface area (Å²) in [4.78, 5) is 40.1. The van der Waals surface area contributed by atoms with E-state index >= 15 is 0 Å². The van der Waals surface area contributed by atoms with Crippen LogP contribution in [-0.2, 0) is 19.4 Å². The van der Waals surface area contributed by atoms with Gasteiger partial charge in [-0.3, -0.25) is 9.59 Å². The number of hydrogen-bond donors (Lipinski definition) is 1. The third kappa shape index (κ3) is 3.77. The van der Waals surface area contributed by atoms with E-state index in [0.717, 1.165) is 6.07 Å². The molecule has 0 aliphatic carbocycles. The van der Waals surface area contributed by atoms with Gasteiger partial charge in [0.05, 0.1) is 17.1 Å². The van der Waals surface area contributed by atoms with Gasteiger partial charge in [-0.05, 0) is 12.5 Å². The lowest BCUT2D eigenvalue weighted by atomic mass is 10.1. The average Bonchev–Trinajstić information content (AvgIpc) is 2.97. The highest BCUT2D eigenvalue weighted by Gasteiger charge is 2.33. The number of H-pyrrole nitrogens is 1. The standard InChI is InChI=1S/C17H18N2O6S/c1-19(11-6-7-26(23,24)10-11)16(21)9-25-17(22)13-8-15(20)18-14-5-3-2-4-12(13)14/h2-5,8,11H,6-7,9-10H2,1H3,(H,18,20)/t11-/m1/s1. The summed E-state index contributed by atoms with van der Waals surface area (Å²) in [6, 6.07) is 7.49. The predicted octanol–water partition coefficient (Wildman–Crippen LogP) is 0.330. The van der Waals surface area contributed by atoms with Crippen LogP contribution in [0.25, 0.3) is 10.9 Å². The monoisotopic (exact) mass is 378 g/mol. The van der Waals surface area contributed by atoms with Crippen LogP contribution in [0.15, 0.2) is 35.1 Å². The third-order valence-corrected chi connectivity index (χ3v) is 6.20. The van der Waals surface area contributed by atoms with Crippen molar-refractivity contribution in [2.24, 2.45) is 0 Å². The van der Waals surface area contributed by atoms with Crippen molar-refractivity contribution in [2.75, 3.05) is 25.2 Å². The van der Waals surface area contributed by atoms with E-state index in [1.165, 1.54) is 11.9 Å². The van der Waals surface area contributed by atoms with Crippen molar-refractivity contribution in [3.05, 3.63) is 46.2 Å². The van der Waals surface area contributed by atoms with Crippen LogP contribution in [0, 0.1) is 0 Å². The fraction of sp³-hybridized carbons (Fsp3) is 0.353. The minimum atomic E-state index is -3.12. The lowest BCUT2D eigenvalue weighted by molar-refractivity contribution is -0.134. The number of para-hydroxylation sites is 1. The second-order valence-corrected chi connectivity index (χ2v) is 8.46. The first-order valence-electron chi connectivity index (χ1n) is 8.02. The zero-order chi connectivity index (χ0) is 18.9. The lowest BCUT2D eigenvalue weighted by Gasteiger charge is -2.23. The Bertz CT molecular complexity index is 1030. The number of aromatic amines is 1. The minimum Gasteiger partial charge on any atom is -0.452 e. The normalized spacial score (nSPS) is 18.6.